The van der Waals surface area contributed by atoms with Crippen molar-refractivity contribution in [3.8, 4) is 34.5 Å². The molecule has 11 nitrogen and oxygen atoms in total. The average molecular weight is 458 g/mol. The van der Waals surface area contributed by atoms with Gasteiger partial charge in [-0.3, -0.25) is 9.79 Å². The Labute approximate surface area is 170 Å². The monoisotopic (exact) mass is 458 g/mol. The highest BCUT2D eigenvalue weighted by Gasteiger charge is 2.44. The Bertz CT molecular complexity index is 1130. The van der Waals surface area contributed by atoms with Gasteiger partial charge in [-0.15, -0.1) is 0 Å². The molecule has 0 saturated heterocycles. The van der Waals surface area contributed by atoms with E-state index in [0.717, 1.165) is 0 Å². The molecule has 0 fully saturated rings. The summed E-state index contributed by atoms with van der Waals surface area (Å²) < 4.78 is 59.2. The van der Waals surface area contributed by atoms with Gasteiger partial charge >= 0.3 is 15.6 Å². The summed E-state index contributed by atoms with van der Waals surface area (Å²) in [6.07, 6.45) is 3.18. The van der Waals surface area contributed by atoms with Gasteiger partial charge in [-0.25, -0.2) is 9.13 Å². The van der Waals surface area contributed by atoms with Crippen molar-refractivity contribution in [1.29, 1.82) is 0 Å². The van der Waals surface area contributed by atoms with Crippen LogP contribution in [0.1, 0.15) is 11.1 Å². The number of hydrogen-bond donors (Lipinski definition) is 2. The Balaban J connectivity index is 1.78. The molecule has 0 spiro atoms. The Morgan fingerprint density at radius 3 is 2.30 bits per heavy atom. The molecule has 2 N–H and O–H groups in total. The summed E-state index contributed by atoms with van der Waals surface area (Å²) in [4.78, 5) is 19.5. The lowest BCUT2D eigenvalue weighted by Crippen LogP contribution is -1.95. The number of hydrogen-bond acceptors (Lipinski definition) is 9. The molecule has 2 atom stereocenters. The van der Waals surface area contributed by atoms with Gasteiger partial charge in [-0.1, -0.05) is 12.2 Å². The fourth-order valence-electron chi connectivity index (χ4n) is 2.86. The van der Waals surface area contributed by atoms with Gasteiger partial charge < -0.3 is 28.0 Å². The topological polar surface area (TPSA) is 139 Å². The number of phosphoric acid groups is 2. The molecule has 0 bridgehead atoms. The van der Waals surface area contributed by atoms with Crippen molar-refractivity contribution in [2.75, 3.05) is 21.0 Å². The first-order chi connectivity index (χ1) is 14.2. The highest BCUT2D eigenvalue weighted by Crippen LogP contribution is 2.66. The van der Waals surface area contributed by atoms with E-state index in [1.54, 1.807) is 18.2 Å². The van der Waals surface area contributed by atoms with E-state index in [0.29, 0.717) is 22.8 Å². The number of methoxy groups -OCH3 is 2. The van der Waals surface area contributed by atoms with Crippen LogP contribution >= 0.6 is 15.6 Å². The summed E-state index contributed by atoms with van der Waals surface area (Å²) in [6.45, 7) is 0.0724. The van der Waals surface area contributed by atoms with Crippen molar-refractivity contribution in [2.24, 2.45) is 0 Å². The zero-order valence-corrected chi connectivity index (χ0v) is 17.4. The van der Waals surface area contributed by atoms with Crippen LogP contribution in [0.4, 0.5) is 0 Å². The molecule has 0 amide bonds. The quantitative estimate of drug-likeness (QED) is 0.513. The van der Waals surface area contributed by atoms with Crippen LogP contribution in [0.25, 0.3) is 12.2 Å². The Kier molecular flexibility index (Phi) is 5.17. The number of ether oxygens (including phenoxy) is 4. The largest absolute Gasteiger partial charge is 0.537 e. The fourth-order valence-corrected chi connectivity index (χ4v) is 4.99. The third-order valence-corrected chi connectivity index (χ3v) is 6.56. The first-order valence-corrected chi connectivity index (χ1v) is 11.3. The second kappa shape index (κ2) is 7.54. The van der Waals surface area contributed by atoms with Crippen LogP contribution in [-0.4, -0.2) is 30.8 Å². The zero-order chi connectivity index (χ0) is 21.5. The smallest absolute Gasteiger partial charge is 0.493 e. The molecule has 0 saturated carbocycles. The third kappa shape index (κ3) is 3.98. The summed E-state index contributed by atoms with van der Waals surface area (Å²) in [6, 6.07) is 6.36. The summed E-state index contributed by atoms with van der Waals surface area (Å²) >= 11 is 0. The van der Waals surface area contributed by atoms with Crippen molar-refractivity contribution >= 4 is 27.8 Å². The normalized spacial score (nSPS) is 24.5. The molecule has 0 radical (unpaired) electrons. The molecule has 2 unspecified atom stereocenters. The van der Waals surface area contributed by atoms with Crippen LogP contribution in [0.5, 0.6) is 34.5 Å². The molecule has 30 heavy (non-hydrogen) atoms. The number of rotatable bonds is 4. The maximum atomic E-state index is 12.1. The lowest BCUT2D eigenvalue weighted by Gasteiger charge is -2.13. The predicted octanol–water partition coefficient (Wildman–Crippen LogP) is 3.59. The second-order valence-electron chi connectivity index (χ2n) is 6.01. The van der Waals surface area contributed by atoms with Crippen LogP contribution in [0.15, 0.2) is 24.3 Å². The van der Waals surface area contributed by atoms with Crippen molar-refractivity contribution in [3.63, 3.8) is 0 Å². The Hall–Kier alpha value is -2.68. The minimum Gasteiger partial charge on any atom is -0.493 e. The van der Waals surface area contributed by atoms with Crippen molar-refractivity contribution < 1.29 is 51.2 Å². The average Bonchev–Trinajstić information content (AvgIpc) is 3.11. The fraction of sp³-hybridized carbons (Fsp3) is 0.176. The van der Waals surface area contributed by atoms with Crippen LogP contribution in [0, 0.1) is 0 Å². The van der Waals surface area contributed by atoms with E-state index in [1.165, 1.54) is 32.4 Å². The lowest BCUT2D eigenvalue weighted by atomic mass is 10.1. The van der Waals surface area contributed by atoms with Crippen molar-refractivity contribution in [1.82, 2.24) is 0 Å². The van der Waals surface area contributed by atoms with Gasteiger partial charge in [0.1, 0.15) is 0 Å². The van der Waals surface area contributed by atoms with Gasteiger partial charge in [0.05, 0.1) is 14.2 Å². The number of benzene rings is 2. The van der Waals surface area contributed by atoms with E-state index in [1.807, 2.05) is 0 Å². The van der Waals surface area contributed by atoms with Crippen molar-refractivity contribution in [2.45, 2.75) is 0 Å². The third-order valence-electron chi connectivity index (χ3n) is 4.08. The predicted molar refractivity (Wildman–Crippen MR) is 103 cm³/mol. The lowest BCUT2D eigenvalue weighted by molar-refractivity contribution is 0.171. The second-order valence-corrected chi connectivity index (χ2v) is 8.90. The highest BCUT2D eigenvalue weighted by atomic mass is 31.3. The maximum absolute atomic E-state index is 12.1. The minimum absolute atomic E-state index is 0.00618. The van der Waals surface area contributed by atoms with Gasteiger partial charge in [-0.05, 0) is 29.8 Å². The molecule has 2 heterocycles. The summed E-state index contributed by atoms with van der Waals surface area (Å²) in [5.74, 6) is 0.814. The van der Waals surface area contributed by atoms with E-state index in [2.05, 4.69) is 4.31 Å². The first kappa shape index (κ1) is 20.6. The maximum Gasteiger partial charge on any atom is 0.537 e. The van der Waals surface area contributed by atoms with Crippen LogP contribution < -0.4 is 28.0 Å². The zero-order valence-electron chi connectivity index (χ0n) is 15.6. The molecule has 0 aliphatic carbocycles. The highest BCUT2D eigenvalue weighted by molar-refractivity contribution is 7.61. The van der Waals surface area contributed by atoms with Gasteiger partial charge in [0.15, 0.2) is 23.0 Å². The number of fused-ring (bicyclic) bond motifs is 2. The standard InChI is InChI=1S/C17H16O11P2/c1-22-12-6-5-11(15-17(12)27-30(20,21)28-29(18,19)26-15)4-3-10-7-13(23-2)16-14(8-10)24-9-25-16/h3-8H,9H2,1-2H3,(H,18,19)(H,20,21)/b4-3-. The van der Waals surface area contributed by atoms with E-state index < -0.39 is 15.6 Å². The van der Waals surface area contributed by atoms with E-state index in [9.17, 15) is 18.9 Å². The van der Waals surface area contributed by atoms with Crippen LogP contribution in [0.3, 0.4) is 0 Å². The van der Waals surface area contributed by atoms with Gasteiger partial charge in [0, 0.05) is 5.56 Å². The molecule has 0 aromatic heterocycles. The molecule has 160 valence electrons. The molecule has 4 rings (SSSR count). The molecule has 2 aliphatic heterocycles. The molecule has 2 aromatic rings. The molecule has 13 heteroatoms. The summed E-state index contributed by atoms with van der Waals surface area (Å²) in [7, 11) is -7.09. The SMILES string of the molecule is COc1cc(/C=C\c2ccc(OC)c3c2OP(=O)(O)OP(=O)(O)O3)cc2c1OCO2. The van der Waals surface area contributed by atoms with Crippen LogP contribution in [-0.2, 0) is 13.4 Å². The number of phosphoric ester groups is 2. The Morgan fingerprint density at radius 1 is 0.900 bits per heavy atom. The van der Waals surface area contributed by atoms with E-state index >= 15 is 0 Å². The van der Waals surface area contributed by atoms with Gasteiger partial charge in [0.25, 0.3) is 0 Å². The Morgan fingerprint density at radius 2 is 1.60 bits per heavy atom. The summed E-state index contributed by atoms with van der Waals surface area (Å²) in [5, 5.41) is 0. The molecule has 2 aliphatic rings. The van der Waals surface area contributed by atoms with Gasteiger partial charge in [-0.2, -0.15) is 4.31 Å². The first-order valence-electron chi connectivity index (χ1n) is 8.34. The van der Waals surface area contributed by atoms with E-state index in [-0.39, 0.29) is 29.6 Å². The summed E-state index contributed by atoms with van der Waals surface area (Å²) in [5.41, 5.74) is 0.911. The molecular weight excluding hydrogens is 442 g/mol. The van der Waals surface area contributed by atoms with Crippen molar-refractivity contribution in [3.05, 3.63) is 35.4 Å². The minimum atomic E-state index is -4.94. The molecule has 2 aromatic carbocycles. The van der Waals surface area contributed by atoms with Crippen LogP contribution in [0.2, 0.25) is 0 Å². The van der Waals surface area contributed by atoms with E-state index in [4.69, 9.17) is 28.0 Å². The van der Waals surface area contributed by atoms with Gasteiger partial charge in [0.2, 0.25) is 18.3 Å². The molecular formula is C17H16O11P2.